The van der Waals surface area contributed by atoms with Crippen LogP contribution in [0.5, 0.6) is 0 Å². The van der Waals surface area contributed by atoms with E-state index >= 15 is 0 Å². The maximum Gasteiger partial charge on any atom is 0.252 e. The number of hydrogen-bond acceptors (Lipinski definition) is 5. The molecule has 1 aliphatic heterocycles. The van der Waals surface area contributed by atoms with Crippen LogP contribution < -0.4 is 0 Å². The lowest BCUT2D eigenvalue weighted by atomic mass is 10.1. The van der Waals surface area contributed by atoms with Crippen LogP contribution in [0.3, 0.4) is 0 Å². The van der Waals surface area contributed by atoms with Crippen molar-refractivity contribution in [1.82, 2.24) is 19.1 Å². The van der Waals surface area contributed by atoms with Gasteiger partial charge in [-0.25, -0.2) is 8.42 Å². The highest BCUT2D eigenvalue weighted by Crippen LogP contribution is 2.31. The summed E-state index contributed by atoms with van der Waals surface area (Å²) in [6.45, 7) is 3.05. The van der Waals surface area contributed by atoms with Crippen LogP contribution in [0.1, 0.15) is 31.6 Å². The van der Waals surface area contributed by atoms with E-state index < -0.39 is 10.0 Å². The van der Waals surface area contributed by atoms with Gasteiger partial charge in [0.2, 0.25) is 0 Å². The molecule has 1 saturated heterocycles. The maximum atomic E-state index is 12.6. The van der Waals surface area contributed by atoms with Gasteiger partial charge in [0.15, 0.2) is 0 Å². The van der Waals surface area contributed by atoms with Gasteiger partial charge in [0.25, 0.3) is 10.0 Å². The molecule has 1 aliphatic rings. The van der Waals surface area contributed by atoms with Crippen molar-refractivity contribution in [2.75, 3.05) is 13.1 Å². The van der Waals surface area contributed by atoms with Crippen molar-refractivity contribution >= 4 is 33.0 Å². The third-order valence-corrected chi connectivity index (χ3v) is 7.52. The Hall–Kier alpha value is -0.960. The summed E-state index contributed by atoms with van der Waals surface area (Å²) in [5, 5.41) is 8.05. The van der Waals surface area contributed by atoms with Crippen molar-refractivity contribution in [3.05, 3.63) is 28.6 Å². The second-order valence-electron chi connectivity index (χ2n) is 5.20. The summed E-state index contributed by atoms with van der Waals surface area (Å²) in [6, 6.07) is 3.46. The van der Waals surface area contributed by atoms with Crippen LogP contribution in [-0.4, -0.2) is 40.6 Å². The topological polar surface area (TPSA) is 68.1 Å². The first-order chi connectivity index (χ1) is 10.5. The lowest BCUT2D eigenvalue weighted by Crippen LogP contribution is -2.38. The third-order valence-electron chi connectivity index (χ3n) is 3.92. The summed E-state index contributed by atoms with van der Waals surface area (Å²) in [4.78, 5) is 0. The Kier molecular flexibility index (Phi) is 4.54. The number of nitrogens with zero attached hydrogens (tertiary/aromatic N) is 4. The Bertz CT molecular complexity index is 748. The first-order valence-corrected chi connectivity index (χ1v) is 9.79. The highest BCUT2D eigenvalue weighted by Gasteiger charge is 2.31. The normalized spacial score (nSPS) is 17.9. The van der Waals surface area contributed by atoms with E-state index in [-0.39, 0.29) is 6.04 Å². The molecule has 6 nitrogen and oxygen atoms in total. The van der Waals surface area contributed by atoms with Gasteiger partial charge in [0.05, 0.1) is 4.34 Å². The van der Waals surface area contributed by atoms with Crippen LogP contribution in [0, 0.1) is 0 Å². The van der Waals surface area contributed by atoms with Crippen molar-refractivity contribution in [2.24, 2.45) is 0 Å². The molecule has 2 aromatic heterocycles. The van der Waals surface area contributed by atoms with E-state index in [0.717, 1.165) is 36.4 Å². The quantitative estimate of drug-likeness (QED) is 0.840. The van der Waals surface area contributed by atoms with Gasteiger partial charge in [-0.2, -0.15) is 4.31 Å². The Morgan fingerprint density at radius 1 is 1.36 bits per heavy atom. The van der Waals surface area contributed by atoms with Crippen LogP contribution in [0.25, 0.3) is 0 Å². The zero-order chi connectivity index (χ0) is 15.7. The fourth-order valence-corrected chi connectivity index (χ4v) is 5.86. The summed E-state index contributed by atoms with van der Waals surface area (Å²) in [5.74, 6) is 0.950. The Morgan fingerprint density at radius 3 is 2.68 bits per heavy atom. The van der Waals surface area contributed by atoms with E-state index in [1.54, 1.807) is 22.8 Å². The van der Waals surface area contributed by atoms with Crippen LogP contribution in [0.2, 0.25) is 4.34 Å². The van der Waals surface area contributed by atoms with Crippen LogP contribution in [0.15, 0.2) is 22.7 Å². The number of rotatable bonds is 4. The van der Waals surface area contributed by atoms with E-state index in [1.807, 2.05) is 6.92 Å². The van der Waals surface area contributed by atoms with E-state index in [0.29, 0.717) is 21.6 Å². The molecule has 0 aromatic carbocycles. The highest BCUT2D eigenvalue weighted by atomic mass is 35.5. The van der Waals surface area contributed by atoms with E-state index in [1.165, 1.54) is 0 Å². The second-order valence-corrected chi connectivity index (χ2v) is 9.08. The number of hydrogen-bond donors (Lipinski definition) is 0. The van der Waals surface area contributed by atoms with Gasteiger partial charge in [-0.05, 0) is 25.0 Å². The molecule has 0 saturated carbocycles. The minimum atomic E-state index is -3.42. The number of halogens is 1. The fraction of sp³-hybridized carbons (Fsp3) is 0.538. The number of sulfonamides is 1. The van der Waals surface area contributed by atoms with E-state index in [2.05, 4.69) is 14.8 Å². The standard InChI is InChI=1S/C13H17ClN4O2S2/c1-2-12-16-15-9-18(12)10-5-7-17(8-6-10)22(19,20)13-4-3-11(14)21-13/h3-4,9-10H,2,5-8H2,1H3. The molecule has 2 aromatic rings. The second kappa shape index (κ2) is 6.27. The minimum Gasteiger partial charge on any atom is -0.314 e. The van der Waals surface area contributed by atoms with E-state index in [4.69, 9.17) is 11.6 Å². The molecular weight excluding hydrogens is 344 g/mol. The summed E-state index contributed by atoms with van der Waals surface area (Å²) >= 11 is 6.95. The van der Waals surface area contributed by atoms with Crippen molar-refractivity contribution in [2.45, 2.75) is 36.4 Å². The van der Waals surface area contributed by atoms with Crippen LogP contribution in [0.4, 0.5) is 0 Å². The molecule has 22 heavy (non-hydrogen) atoms. The lowest BCUT2D eigenvalue weighted by Gasteiger charge is -2.31. The Morgan fingerprint density at radius 2 is 2.09 bits per heavy atom. The molecule has 9 heteroatoms. The summed E-state index contributed by atoms with van der Waals surface area (Å²) in [6.07, 6.45) is 4.10. The summed E-state index contributed by atoms with van der Waals surface area (Å²) in [5.41, 5.74) is 0. The molecule has 0 atom stereocenters. The molecule has 0 amide bonds. The molecular formula is C13H17ClN4O2S2. The molecule has 0 spiro atoms. The number of piperidine rings is 1. The molecule has 1 fully saturated rings. The van der Waals surface area contributed by atoms with Crippen LogP contribution >= 0.6 is 22.9 Å². The van der Waals surface area contributed by atoms with E-state index in [9.17, 15) is 8.42 Å². The average molecular weight is 361 g/mol. The SMILES string of the molecule is CCc1nncn1C1CCN(S(=O)(=O)c2ccc(Cl)s2)CC1. The molecule has 0 radical (unpaired) electrons. The van der Waals surface area contributed by atoms with Gasteiger partial charge in [0.1, 0.15) is 16.4 Å². The maximum absolute atomic E-state index is 12.6. The monoisotopic (exact) mass is 360 g/mol. The first-order valence-electron chi connectivity index (χ1n) is 7.16. The predicted molar refractivity (Wildman–Crippen MR) is 85.8 cm³/mol. The highest BCUT2D eigenvalue weighted by molar-refractivity contribution is 7.91. The van der Waals surface area contributed by atoms with Gasteiger partial charge in [-0.15, -0.1) is 21.5 Å². The van der Waals surface area contributed by atoms with Crippen molar-refractivity contribution in [3.63, 3.8) is 0 Å². The number of aromatic nitrogens is 3. The zero-order valence-corrected chi connectivity index (χ0v) is 14.5. The number of aryl methyl sites for hydroxylation is 1. The third kappa shape index (κ3) is 2.92. The number of thiophene rings is 1. The fourth-order valence-electron chi connectivity index (χ4n) is 2.75. The Labute approximate surface area is 138 Å². The van der Waals surface area contributed by atoms with Gasteiger partial charge in [0, 0.05) is 25.6 Å². The summed E-state index contributed by atoms with van der Waals surface area (Å²) < 4.78 is 29.6. The molecule has 0 unspecified atom stereocenters. The molecule has 3 rings (SSSR count). The van der Waals surface area contributed by atoms with Gasteiger partial charge in [-0.3, -0.25) is 0 Å². The summed E-state index contributed by atoms with van der Waals surface area (Å²) in [7, 11) is -3.42. The van der Waals surface area contributed by atoms with Crippen molar-refractivity contribution in [3.8, 4) is 0 Å². The lowest BCUT2D eigenvalue weighted by molar-refractivity contribution is 0.270. The Balaban J connectivity index is 1.72. The first kappa shape index (κ1) is 15.9. The molecule has 120 valence electrons. The molecule has 3 heterocycles. The molecule has 0 aliphatic carbocycles. The molecule has 0 bridgehead atoms. The van der Waals surface area contributed by atoms with Gasteiger partial charge in [-0.1, -0.05) is 18.5 Å². The van der Waals surface area contributed by atoms with Gasteiger partial charge < -0.3 is 4.57 Å². The predicted octanol–water partition coefficient (Wildman–Crippen LogP) is 2.58. The smallest absolute Gasteiger partial charge is 0.252 e. The van der Waals surface area contributed by atoms with Gasteiger partial charge >= 0.3 is 0 Å². The average Bonchev–Trinajstić information content (AvgIpc) is 3.16. The van der Waals surface area contributed by atoms with Crippen molar-refractivity contribution in [1.29, 1.82) is 0 Å². The largest absolute Gasteiger partial charge is 0.314 e. The zero-order valence-electron chi connectivity index (χ0n) is 12.1. The van der Waals surface area contributed by atoms with Crippen LogP contribution in [-0.2, 0) is 16.4 Å². The molecule has 0 N–H and O–H groups in total. The minimum absolute atomic E-state index is 0.267. The van der Waals surface area contributed by atoms with Crippen molar-refractivity contribution < 1.29 is 8.42 Å².